The van der Waals surface area contributed by atoms with E-state index in [1.807, 2.05) is 13.1 Å². The van der Waals surface area contributed by atoms with E-state index >= 15 is 0 Å². The van der Waals surface area contributed by atoms with Gasteiger partial charge in [-0.1, -0.05) is 0 Å². The first-order chi connectivity index (χ1) is 11.1. The van der Waals surface area contributed by atoms with Gasteiger partial charge in [0.2, 0.25) is 0 Å². The Morgan fingerprint density at radius 3 is 2.61 bits per heavy atom. The number of fused-ring (bicyclic) bond motifs is 4. The van der Waals surface area contributed by atoms with Crippen molar-refractivity contribution in [3.8, 4) is 5.75 Å². The molecular weight excluding hydrogens is 286 g/mol. The van der Waals surface area contributed by atoms with Crippen LogP contribution in [0.5, 0.6) is 5.75 Å². The van der Waals surface area contributed by atoms with Gasteiger partial charge >= 0.3 is 0 Å². The number of aryl methyl sites for hydroxylation is 2. The molecular formula is C19H20N3O+. The first kappa shape index (κ1) is 13.9. The maximum absolute atomic E-state index is 5.39. The Morgan fingerprint density at radius 1 is 1.04 bits per heavy atom. The molecule has 0 aliphatic heterocycles. The van der Waals surface area contributed by atoms with Crippen molar-refractivity contribution in [3.63, 3.8) is 0 Å². The van der Waals surface area contributed by atoms with Crippen LogP contribution >= 0.6 is 0 Å². The Balaban J connectivity index is 2.22. The monoisotopic (exact) mass is 306 g/mol. The number of hydrogen-bond acceptors (Lipinski definition) is 2. The maximum Gasteiger partial charge on any atom is 0.281 e. The second-order valence-electron chi connectivity index (χ2n) is 5.95. The van der Waals surface area contributed by atoms with Gasteiger partial charge in [-0.2, -0.15) is 0 Å². The van der Waals surface area contributed by atoms with E-state index in [4.69, 9.17) is 4.74 Å². The van der Waals surface area contributed by atoms with Crippen LogP contribution in [0.15, 0.2) is 36.5 Å². The summed E-state index contributed by atoms with van der Waals surface area (Å²) in [5.41, 5.74) is 3.59. The number of aromatic nitrogens is 2. The van der Waals surface area contributed by atoms with Gasteiger partial charge < -0.3 is 9.72 Å². The van der Waals surface area contributed by atoms with Crippen LogP contribution in [0.3, 0.4) is 0 Å². The van der Waals surface area contributed by atoms with Crippen LogP contribution in [0.25, 0.3) is 32.6 Å². The number of anilines is 1. The van der Waals surface area contributed by atoms with Crippen molar-refractivity contribution in [2.75, 3.05) is 19.5 Å². The van der Waals surface area contributed by atoms with Gasteiger partial charge in [0, 0.05) is 16.3 Å². The third kappa shape index (κ3) is 1.88. The number of nitrogens with zero attached hydrogens (tertiary/aromatic N) is 1. The van der Waals surface area contributed by atoms with Gasteiger partial charge in [0.1, 0.15) is 5.75 Å². The molecule has 23 heavy (non-hydrogen) atoms. The second-order valence-corrected chi connectivity index (χ2v) is 5.95. The lowest BCUT2D eigenvalue weighted by atomic mass is 10.0. The average molecular weight is 306 g/mol. The van der Waals surface area contributed by atoms with E-state index in [9.17, 15) is 0 Å². The minimum Gasteiger partial charge on any atom is -0.497 e. The average Bonchev–Trinajstić information content (AvgIpc) is 2.93. The van der Waals surface area contributed by atoms with E-state index in [0.717, 1.165) is 17.1 Å². The lowest BCUT2D eigenvalue weighted by molar-refractivity contribution is -0.656. The molecule has 2 N–H and O–H groups in total. The van der Waals surface area contributed by atoms with E-state index in [1.165, 1.54) is 32.6 Å². The summed E-state index contributed by atoms with van der Waals surface area (Å²) in [6.07, 6.45) is 2.10. The number of aromatic amines is 1. The molecule has 0 unspecified atom stereocenters. The molecule has 4 heteroatoms. The summed E-state index contributed by atoms with van der Waals surface area (Å²) >= 11 is 0. The van der Waals surface area contributed by atoms with Crippen molar-refractivity contribution in [1.29, 1.82) is 0 Å². The minimum atomic E-state index is 0.878. The number of benzene rings is 2. The molecule has 0 saturated heterocycles. The smallest absolute Gasteiger partial charge is 0.281 e. The lowest BCUT2D eigenvalue weighted by Gasteiger charge is -2.08. The largest absolute Gasteiger partial charge is 0.497 e. The maximum atomic E-state index is 5.39. The first-order valence-electron chi connectivity index (χ1n) is 7.73. The highest BCUT2D eigenvalue weighted by molar-refractivity contribution is 6.15. The van der Waals surface area contributed by atoms with Crippen molar-refractivity contribution < 1.29 is 9.30 Å². The fraction of sp³-hybridized carbons (Fsp3) is 0.211. The Labute approximate surface area is 134 Å². The number of methoxy groups -OCH3 is 1. The highest BCUT2D eigenvalue weighted by Gasteiger charge is 2.16. The van der Waals surface area contributed by atoms with E-state index in [-0.39, 0.29) is 0 Å². The van der Waals surface area contributed by atoms with Crippen LogP contribution in [0.4, 0.5) is 5.82 Å². The van der Waals surface area contributed by atoms with Crippen LogP contribution in [-0.2, 0) is 7.05 Å². The molecule has 116 valence electrons. The summed E-state index contributed by atoms with van der Waals surface area (Å²) in [6.45, 7) is 2.18. The highest BCUT2D eigenvalue weighted by atomic mass is 16.5. The lowest BCUT2D eigenvalue weighted by Crippen LogP contribution is -2.31. The molecule has 0 radical (unpaired) electrons. The van der Waals surface area contributed by atoms with Crippen molar-refractivity contribution in [3.05, 3.63) is 42.1 Å². The van der Waals surface area contributed by atoms with E-state index in [0.29, 0.717) is 0 Å². The zero-order valence-electron chi connectivity index (χ0n) is 13.8. The summed E-state index contributed by atoms with van der Waals surface area (Å²) in [6, 6.07) is 10.6. The predicted molar refractivity (Wildman–Crippen MR) is 95.3 cm³/mol. The molecule has 0 amide bonds. The Morgan fingerprint density at radius 2 is 1.87 bits per heavy atom. The zero-order chi connectivity index (χ0) is 16.1. The molecule has 2 heterocycles. The molecule has 0 aliphatic carbocycles. The summed E-state index contributed by atoms with van der Waals surface area (Å²) in [5.74, 6) is 1.99. The fourth-order valence-electron chi connectivity index (χ4n) is 3.50. The molecule has 0 spiro atoms. The van der Waals surface area contributed by atoms with Gasteiger partial charge in [-0.3, -0.25) is 5.32 Å². The van der Waals surface area contributed by atoms with Gasteiger partial charge in [-0.25, -0.2) is 4.57 Å². The number of hydrogen-bond donors (Lipinski definition) is 2. The minimum absolute atomic E-state index is 0.878. The standard InChI is InChI=1S/C19H19N3O/c1-11-13-7-8-22(3)19(20-2)16(13)10-15-14-9-12(23-4)5-6-17(14)21-18(11)15/h5-10H,1-4H3,(H,20,21)/p+1. The van der Waals surface area contributed by atoms with Crippen LogP contribution in [0, 0.1) is 6.92 Å². The number of H-pyrrole nitrogens is 1. The van der Waals surface area contributed by atoms with Crippen molar-refractivity contribution >= 4 is 38.4 Å². The van der Waals surface area contributed by atoms with Crippen molar-refractivity contribution in [1.82, 2.24) is 4.98 Å². The molecule has 0 saturated carbocycles. The van der Waals surface area contributed by atoms with Crippen LogP contribution < -0.4 is 14.6 Å². The molecule has 0 atom stereocenters. The highest BCUT2D eigenvalue weighted by Crippen LogP contribution is 2.35. The predicted octanol–water partition coefficient (Wildman–Crippen LogP) is 3.66. The van der Waals surface area contributed by atoms with Crippen LogP contribution in [0.2, 0.25) is 0 Å². The molecule has 2 aromatic heterocycles. The molecule has 0 aliphatic rings. The van der Waals surface area contributed by atoms with Gasteiger partial charge in [0.15, 0.2) is 0 Å². The van der Waals surface area contributed by atoms with E-state index < -0.39 is 0 Å². The number of nitrogens with one attached hydrogen (secondary N) is 2. The summed E-state index contributed by atoms with van der Waals surface area (Å²) < 4.78 is 7.51. The molecule has 0 fully saturated rings. The Bertz CT molecular complexity index is 1060. The first-order valence-corrected chi connectivity index (χ1v) is 7.73. The molecule has 4 nitrogen and oxygen atoms in total. The fourth-order valence-corrected chi connectivity index (χ4v) is 3.50. The molecule has 4 aromatic rings. The topological polar surface area (TPSA) is 40.9 Å². The number of rotatable bonds is 2. The number of pyridine rings is 1. The van der Waals surface area contributed by atoms with Crippen LogP contribution in [-0.4, -0.2) is 19.1 Å². The van der Waals surface area contributed by atoms with Gasteiger partial charge in [-0.05, 0) is 48.2 Å². The van der Waals surface area contributed by atoms with E-state index in [2.05, 4.69) is 59.3 Å². The van der Waals surface area contributed by atoms with Crippen molar-refractivity contribution in [2.24, 2.45) is 7.05 Å². The van der Waals surface area contributed by atoms with Gasteiger partial charge in [0.05, 0.1) is 38.3 Å². The van der Waals surface area contributed by atoms with Crippen molar-refractivity contribution in [2.45, 2.75) is 6.92 Å². The quantitative estimate of drug-likeness (QED) is 0.555. The molecule has 4 rings (SSSR count). The zero-order valence-corrected chi connectivity index (χ0v) is 13.8. The Kier molecular flexibility index (Phi) is 2.94. The SMILES string of the molecule is CNc1c2cc3c([nH]c4ccc(OC)cc43)c(C)c2cc[n+]1C. The van der Waals surface area contributed by atoms with E-state index in [1.54, 1.807) is 7.11 Å². The summed E-state index contributed by atoms with van der Waals surface area (Å²) in [5, 5.41) is 8.23. The van der Waals surface area contributed by atoms with Crippen LogP contribution in [0.1, 0.15) is 5.56 Å². The molecule has 2 aromatic carbocycles. The number of ether oxygens (including phenoxy) is 1. The second kappa shape index (κ2) is 4.88. The normalized spacial score (nSPS) is 11.5. The van der Waals surface area contributed by atoms with Gasteiger partial charge in [0.25, 0.3) is 5.82 Å². The third-order valence-electron chi connectivity index (χ3n) is 4.71. The summed E-state index contributed by atoms with van der Waals surface area (Å²) in [4.78, 5) is 3.56. The Hall–Kier alpha value is -2.75. The summed E-state index contributed by atoms with van der Waals surface area (Å²) in [7, 11) is 5.73. The third-order valence-corrected chi connectivity index (χ3v) is 4.71. The molecule has 0 bridgehead atoms. The van der Waals surface area contributed by atoms with Gasteiger partial charge in [-0.15, -0.1) is 0 Å².